The molecule has 1 unspecified atom stereocenters. The van der Waals surface area contributed by atoms with Gasteiger partial charge in [0, 0.05) is 32.3 Å². The Morgan fingerprint density at radius 3 is 3.00 bits per heavy atom. The summed E-state index contributed by atoms with van der Waals surface area (Å²) in [5.41, 5.74) is 1.04. The molecular weight excluding hydrogens is 298 g/mol. The summed E-state index contributed by atoms with van der Waals surface area (Å²) < 4.78 is 11.4. The number of hydrogen-bond donors (Lipinski definition) is 0. The number of ether oxygens (including phenoxy) is 2. The third-order valence-electron chi connectivity index (χ3n) is 4.57. The van der Waals surface area contributed by atoms with Crippen molar-refractivity contribution in [3.8, 4) is 0 Å². The van der Waals surface area contributed by atoms with Gasteiger partial charge in [-0.05, 0) is 24.3 Å². The highest BCUT2D eigenvalue weighted by Gasteiger charge is 2.41. The number of nitro benzene ring substituents is 1. The van der Waals surface area contributed by atoms with Crippen LogP contribution in [0.25, 0.3) is 10.9 Å². The molecule has 0 N–H and O–H groups in total. The first-order valence-electron chi connectivity index (χ1n) is 7.67. The molecular formula is C16H17N3O4. The van der Waals surface area contributed by atoms with Gasteiger partial charge in [-0.2, -0.15) is 0 Å². The number of nitro groups is 1. The Kier molecular flexibility index (Phi) is 3.39. The van der Waals surface area contributed by atoms with E-state index in [1.807, 2.05) is 11.0 Å². The normalized spacial score (nSPS) is 24.4. The van der Waals surface area contributed by atoms with E-state index < -0.39 is 0 Å². The molecule has 0 amide bonds. The van der Waals surface area contributed by atoms with Crippen molar-refractivity contribution in [2.75, 3.05) is 37.8 Å². The van der Waals surface area contributed by atoms with Crippen molar-refractivity contribution in [3.05, 3.63) is 40.6 Å². The largest absolute Gasteiger partial charge is 0.378 e. The molecule has 0 aliphatic carbocycles. The monoisotopic (exact) mass is 315 g/mol. The molecule has 1 aromatic heterocycles. The van der Waals surface area contributed by atoms with Gasteiger partial charge in [0.2, 0.25) is 0 Å². The van der Waals surface area contributed by atoms with Crippen LogP contribution in [0.15, 0.2) is 30.5 Å². The maximum absolute atomic E-state index is 11.7. The number of rotatable bonds is 2. The number of hydrogen-bond acceptors (Lipinski definition) is 6. The lowest BCUT2D eigenvalue weighted by molar-refractivity contribution is -0.382. The van der Waals surface area contributed by atoms with Gasteiger partial charge in [-0.1, -0.05) is 0 Å². The van der Waals surface area contributed by atoms with Crippen LogP contribution in [0.3, 0.4) is 0 Å². The van der Waals surface area contributed by atoms with Crippen LogP contribution in [-0.4, -0.2) is 48.4 Å². The minimum Gasteiger partial charge on any atom is -0.378 e. The minimum absolute atomic E-state index is 0.117. The molecule has 1 spiro atoms. The summed E-state index contributed by atoms with van der Waals surface area (Å²) in [7, 11) is 0. The molecule has 1 aromatic carbocycles. The van der Waals surface area contributed by atoms with Crippen LogP contribution >= 0.6 is 0 Å². The zero-order valence-electron chi connectivity index (χ0n) is 12.6. The van der Waals surface area contributed by atoms with E-state index >= 15 is 0 Å². The molecule has 3 heterocycles. The van der Waals surface area contributed by atoms with Crippen LogP contribution in [0.2, 0.25) is 0 Å². The molecule has 2 saturated heterocycles. The summed E-state index contributed by atoms with van der Waals surface area (Å²) in [6, 6.07) is 7.11. The highest BCUT2D eigenvalue weighted by Crippen LogP contribution is 2.38. The number of nitrogens with zero attached hydrogens (tertiary/aromatic N) is 3. The van der Waals surface area contributed by atoms with E-state index in [1.54, 1.807) is 24.4 Å². The van der Waals surface area contributed by atoms with Crippen molar-refractivity contribution in [2.24, 2.45) is 0 Å². The maximum atomic E-state index is 11.7. The average Bonchev–Trinajstić information content (AvgIpc) is 3.01. The molecule has 2 aliphatic rings. The second kappa shape index (κ2) is 5.43. The molecule has 0 saturated carbocycles. The van der Waals surface area contributed by atoms with Gasteiger partial charge < -0.3 is 14.4 Å². The van der Waals surface area contributed by atoms with E-state index in [0.29, 0.717) is 49.5 Å². The lowest BCUT2D eigenvalue weighted by Crippen LogP contribution is -2.52. The summed E-state index contributed by atoms with van der Waals surface area (Å²) in [6.45, 7) is 3.02. The SMILES string of the molecule is O=[N+]([O-])c1c(N2CCOC3(CCOC3)C2)ccc2ncccc12. The van der Waals surface area contributed by atoms with Crippen molar-refractivity contribution in [1.82, 2.24) is 4.98 Å². The third kappa shape index (κ3) is 2.42. The van der Waals surface area contributed by atoms with Crippen molar-refractivity contribution >= 4 is 22.3 Å². The highest BCUT2D eigenvalue weighted by molar-refractivity contribution is 5.94. The summed E-state index contributed by atoms with van der Waals surface area (Å²) in [4.78, 5) is 17.6. The Bertz CT molecular complexity index is 758. The second-order valence-electron chi connectivity index (χ2n) is 6.02. The molecule has 0 bridgehead atoms. The lowest BCUT2D eigenvalue weighted by Gasteiger charge is -2.40. The maximum Gasteiger partial charge on any atom is 0.301 e. The van der Waals surface area contributed by atoms with Crippen molar-refractivity contribution in [3.63, 3.8) is 0 Å². The fraction of sp³-hybridized carbons (Fsp3) is 0.438. The van der Waals surface area contributed by atoms with E-state index in [1.165, 1.54) is 0 Å². The Balaban J connectivity index is 1.78. The van der Waals surface area contributed by atoms with Gasteiger partial charge in [-0.15, -0.1) is 0 Å². The first-order valence-corrected chi connectivity index (χ1v) is 7.67. The van der Waals surface area contributed by atoms with E-state index in [-0.39, 0.29) is 16.2 Å². The number of pyridine rings is 1. The lowest BCUT2D eigenvalue weighted by atomic mass is 9.99. The molecule has 1 atom stereocenters. The zero-order valence-corrected chi connectivity index (χ0v) is 12.6. The summed E-state index contributed by atoms with van der Waals surface area (Å²) in [5, 5.41) is 12.3. The number of fused-ring (bicyclic) bond motifs is 1. The predicted molar refractivity (Wildman–Crippen MR) is 84.7 cm³/mol. The van der Waals surface area contributed by atoms with Crippen molar-refractivity contribution in [1.29, 1.82) is 0 Å². The van der Waals surface area contributed by atoms with Gasteiger partial charge in [-0.3, -0.25) is 15.1 Å². The fourth-order valence-electron chi connectivity index (χ4n) is 3.45. The van der Waals surface area contributed by atoms with Crippen LogP contribution in [0.1, 0.15) is 6.42 Å². The number of aromatic nitrogens is 1. The molecule has 7 nitrogen and oxygen atoms in total. The molecule has 7 heteroatoms. The van der Waals surface area contributed by atoms with Crippen LogP contribution in [0.5, 0.6) is 0 Å². The molecule has 120 valence electrons. The van der Waals surface area contributed by atoms with Gasteiger partial charge in [0.05, 0.1) is 29.0 Å². The molecule has 2 aromatic rings. The molecule has 4 rings (SSSR count). The van der Waals surface area contributed by atoms with Crippen molar-refractivity contribution in [2.45, 2.75) is 12.0 Å². The van der Waals surface area contributed by atoms with Gasteiger partial charge in [0.25, 0.3) is 0 Å². The molecule has 0 radical (unpaired) electrons. The number of benzene rings is 1. The number of morpholine rings is 1. The molecule has 23 heavy (non-hydrogen) atoms. The minimum atomic E-state index is -0.337. The second-order valence-corrected chi connectivity index (χ2v) is 6.02. The van der Waals surface area contributed by atoms with Gasteiger partial charge in [0.1, 0.15) is 11.3 Å². The predicted octanol–water partition coefficient (Wildman–Crippen LogP) is 2.14. The summed E-state index contributed by atoms with van der Waals surface area (Å²) in [6.07, 6.45) is 2.47. The Morgan fingerprint density at radius 2 is 2.22 bits per heavy atom. The first kappa shape index (κ1) is 14.3. The van der Waals surface area contributed by atoms with Gasteiger partial charge in [0.15, 0.2) is 0 Å². The average molecular weight is 315 g/mol. The van der Waals surface area contributed by atoms with Crippen LogP contribution in [0.4, 0.5) is 11.4 Å². The zero-order chi connectivity index (χ0) is 15.9. The van der Waals surface area contributed by atoms with Gasteiger partial charge in [-0.25, -0.2) is 0 Å². The van der Waals surface area contributed by atoms with Crippen molar-refractivity contribution < 1.29 is 14.4 Å². The third-order valence-corrected chi connectivity index (χ3v) is 4.57. The fourth-order valence-corrected chi connectivity index (χ4v) is 3.45. The Labute approximate surface area is 133 Å². The van der Waals surface area contributed by atoms with Crippen LogP contribution in [0, 0.1) is 10.1 Å². The van der Waals surface area contributed by atoms with Crippen LogP contribution < -0.4 is 4.90 Å². The standard InChI is InChI=1S/C16H17N3O4/c20-19(21)15-12-2-1-6-17-13(12)3-4-14(15)18-7-9-23-16(10-18)5-8-22-11-16/h1-4,6H,5,7-11H2. The number of anilines is 1. The van der Waals surface area contributed by atoms with E-state index in [0.717, 1.165) is 6.42 Å². The topological polar surface area (TPSA) is 77.7 Å². The first-order chi connectivity index (χ1) is 11.2. The Morgan fingerprint density at radius 1 is 1.30 bits per heavy atom. The van der Waals surface area contributed by atoms with Gasteiger partial charge >= 0.3 is 5.69 Å². The Hall–Kier alpha value is -2.25. The van der Waals surface area contributed by atoms with E-state index in [9.17, 15) is 10.1 Å². The van der Waals surface area contributed by atoms with E-state index in [4.69, 9.17) is 9.47 Å². The molecule has 2 aliphatic heterocycles. The quantitative estimate of drug-likeness (QED) is 0.624. The smallest absolute Gasteiger partial charge is 0.301 e. The van der Waals surface area contributed by atoms with Crippen LogP contribution in [-0.2, 0) is 9.47 Å². The summed E-state index contributed by atoms with van der Waals surface area (Å²) in [5.74, 6) is 0. The highest BCUT2D eigenvalue weighted by atomic mass is 16.6. The molecule has 2 fully saturated rings. The summed E-state index contributed by atoms with van der Waals surface area (Å²) >= 11 is 0. The van der Waals surface area contributed by atoms with E-state index in [2.05, 4.69) is 4.98 Å².